The molecule has 0 amide bonds. The van der Waals surface area contributed by atoms with E-state index in [9.17, 15) is 4.79 Å². The zero-order valence-electron chi connectivity index (χ0n) is 14.6. The molecule has 0 aromatic carbocycles. The van der Waals surface area contributed by atoms with Gasteiger partial charge >= 0.3 is 0 Å². The Morgan fingerprint density at radius 3 is 2.17 bits per heavy atom. The van der Waals surface area contributed by atoms with E-state index >= 15 is 0 Å². The van der Waals surface area contributed by atoms with Gasteiger partial charge in [-0.2, -0.15) is 0 Å². The van der Waals surface area contributed by atoms with E-state index in [1.165, 1.54) is 82.0 Å². The highest BCUT2D eigenvalue weighted by Crippen LogP contribution is 2.31. The summed E-state index contributed by atoms with van der Waals surface area (Å²) in [6, 6.07) is 3.83. The van der Waals surface area contributed by atoms with Crippen LogP contribution >= 0.6 is 11.3 Å². The van der Waals surface area contributed by atoms with E-state index in [-0.39, 0.29) is 18.0 Å². The predicted molar refractivity (Wildman–Crippen MR) is 98.4 cm³/mol. The molecule has 2 atom stereocenters. The van der Waals surface area contributed by atoms with Crippen LogP contribution < -0.4 is 0 Å². The van der Waals surface area contributed by atoms with E-state index < -0.39 is 0 Å². The van der Waals surface area contributed by atoms with Crippen LogP contribution in [0.2, 0.25) is 0 Å². The van der Waals surface area contributed by atoms with E-state index in [2.05, 4.69) is 6.92 Å². The van der Waals surface area contributed by atoms with Gasteiger partial charge in [-0.25, -0.2) is 0 Å². The summed E-state index contributed by atoms with van der Waals surface area (Å²) < 4.78 is 5.55. The Hall–Kier alpha value is -0.670. The minimum Gasteiger partial charge on any atom is -0.361 e. The van der Waals surface area contributed by atoms with Gasteiger partial charge in [-0.3, -0.25) is 4.79 Å². The summed E-state index contributed by atoms with van der Waals surface area (Å²) in [5.74, 6) is 0.188. The quantitative estimate of drug-likeness (QED) is 0.223. The Kier molecular flexibility index (Phi) is 8.91. The van der Waals surface area contributed by atoms with Crippen LogP contribution in [0.1, 0.15) is 93.6 Å². The Balaban J connectivity index is 1.37. The second-order valence-corrected chi connectivity index (χ2v) is 7.71. The van der Waals surface area contributed by atoms with E-state index in [0.29, 0.717) is 0 Å². The molecule has 23 heavy (non-hydrogen) atoms. The highest BCUT2D eigenvalue weighted by molar-refractivity contribution is 7.12. The molecule has 2 heterocycles. The van der Waals surface area contributed by atoms with Crippen LogP contribution in [-0.4, -0.2) is 18.0 Å². The first kappa shape index (κ1) is 18.7. The third kappa shape index (κ3) is 7.17. The third-order valence-electron chi connectivity index (χ3n) is 4.70. The Morgan fingerprint density at radius 1 is 1.00 bits per heavy atom. The fourth-order valence-electron chi connectivity index (χ4n) is 3.16. The van der Waals surface area contributed by atoms with Crippen LogP contribution in [0.25, 0.3) is 0 Å². The first-order valence-electron chi connectivity index (χ1n) is 9.56. The van der Waals surface area contributed by atoms with E-state index in [4.69, 9.17) is 4.74 Å². The largest absolute Gasteiger partial charge is 0.361 e. The lowest BCUT2D eigenvalue weighted by atomic mass is 10.0. The van der Waals surface area contributed by atoms with Crippen molar-refractivity contribution in [1.29, 1.82) is 0 Å². The standard InChI is InChI=1S/C20H32O2S/c1-2-3-4-5-6-7-8-9-10-11-12-14-17-20(22-17)19(21)18-15-13-16-23-18/h13,15-17,20H,2-12,14H2,1H3/t17-,20+/m1/s1. The zero-order chi connectivity index (χ0) is 16.3. The highest BCUT2D eigenvalue weighted by atomic mass is 32.1. The molecule has 1 aliphatic heterocycles. The lowest BCUT2D eigenvalue weighted by Crippen LogP contribution is -2.08. The molecule has 1 aromatic heterocycles. The summed E-state index contributed by atoms with van der Waals surface area (Å²) in [5.41, 5.74) is 0. The first-order valence-corrected chi connectivity index (χ1v) is 10.4. The minimum absolute atomic E-state index is 0.142. The molecule has 1 aromatic rings. The summed E-state index contributed by atoms with van der Waals surface area (Å²) in [7, 11) is 0. The van der Waals surface area contributed by atoms with Crippen LogP contribution in [0.4, 0.5) is 0 Å². The van der Waals surface area contributed by atoms with Crippen molar-refractivity contribution in [3.05, 3.63) is 22.4 Å². The van der Waals surface area contributed by atoms with Gasteiger partial charge in [-0.15, -0.1) is 11.3 Å². The number of unbranched alkanes of at least 4 members (excludes halogenated alkanes) is 10. The normalized spacial score (nSPS) is 19.9. The molecule has 1 aliphatic rings. The maximum atomic E-state index is 12.1. The van der Waals surface area contributed by atoms with Crippen molar-refractivity contribution in [1.82, 2.24) is 0 Å². The number of hydrogen-bond donors (Lipinski definition) is 0. The van der Waals surface area contributed by atoms with E-state index in [1.807, 2.05) is 17.5 Å². The summed E-state index contributed by atoms with van der Waals surface area (Å²) in [4.78, 5) is 12.9. The van der Waals surface area contributed by atoms with Gasteiger partial charge in [0.25, 0.3) is 0 Å². The Morgan fingerprint density at radius 2 is 1.61 bits per heavy atom. The fraction of sp³-hybridized carbons (Fsp3) is 0.750. The van der Waals surface area contributed by atoms with Crippen molar-refractivity contribution in [2.45, 2.75) is 96.2 Å². The van der Waals surface area contributed by atoms with Gasteiger partial charge in [0.1, 0.15) is 6.10 Å². The van der Waals surface area contributed by atoms with Gasteiger partial charge in [0.05, 0.1) is 11.0 Å². The number of carbonyl (C=O) groups excluding carboxylic acids is 1. The molecule has 0 aliphatic carbocycles. The van der Waals surface area contributed by atoms with Gasteiger partial charge in [0.2, 0.25) is 5.78 Å². The van der Waals surface area contributed by atoms with E-state index in [0.717, 1.165) is 11.3 Å². The minimum atomic E-state index is -0.142. The van der Waals surface area contributed by atoms with Crippen LogP contribution in [0.3, 0.4) is 0 Å². The number of Topliss-reactive ketones (excluding diaryl/α,β-unsaturated/α-hetero) is 1. The molecule has 2 nitrogen and oxygen atoms in total. The number of ketones is 1. The predicted octanol–water partition coefficient (Wildman–Crippen LogP) is 6.40. The first-order chi connectivity index (χ1) is 11.3. The van der Waals surface area contributed by atoms with E-state index in [1.54, 1.807) is 0 Å². The van der Waals surface area contributed by atoms with Crippen molar-refractivity contribution in [2.75, 3.05) is 0 Å². The van der Waals surface area contributed by atoms with Crippen LogP contribution in [0.5, 0.6) is 0 Å². The van der Waals surface area contributed by atoms with Gasteiger partial charge in [0.15, 0.2) is 0 Å². The monoisotopic (exact) mass is 336 g/mol. The van der Waals surface area contributed by atoms with Gasteiger partial charge in [-0.05, 0) is 17.9 Å². The molecule has 0 N–H and O–H groups in total. The summed E-state index contributed by atoms with van der Waals surface area (Å²) >= 11 is 1.52. The molecule has 0 spiro atoms. The molecular formula is C20H32O2S. The molecule has 2 rings (SSSR count). The number of thiophene rings is 1. The van der Waals surface area contributed by atoms with Gasteiger partial charge in [-0.1, -0.05) is 83.6 Å². The molecule has 0 radical (unpaired) electrons. The number of epoxide rings is 1. The lowest BCUT2D eigenvalue weighted by Gasteiger charge is -2.02. The molecule has 1 fully saturated rings. The average Bonchev–Trinajstić information content (AvgIpc) is 3.12. The number of rotatable bonds is 14. The van der Waals surface area contributed by atoms with Crippen molar-refractivity contribution in [3.63, 3.8) is 0 Å². The lowest BCUT2D eigenvalue weighted by molar-refractivity contribution is 0.0957. The summed E-state index contributed by atoms with van der Waals surface area (Å²) in [6.45, 7) is 2.27. The molecule has 0 unspecified atom stereocenters. The highest BCUT2D eigenvalue weighted by Gasteiger charge is 2.44. The molecule has 3 heteroatoms. The van der Waals surface area contributed by atoms with Crippen LogP contribution in [0.15, 0.2) is 17.5 Å². The third-order valence-corrected chi connectivity index (χ3v) is 5.58. The van der Waals surface area contributed by atoms with Crippen LogP contribution in [0, 0.1) is 0 Å². The number of hydrogen-bond acceptors (Lipinski definition) is 3. The molecule has 0 bridgehead atoms. The Labute approximate surface area is 145 Å². The zero-order valence-corrected chi connectivity index (χ0v) is 15.4. The topological polar surface area (TPSA) is 29.6 Å². The molecule has 1 saturated heterocycles. The van der Waals surface area contributed by atoms with Crippen LogP contribution in [-0.2, 0) is 4.74 Å². The number of carbonyl (C=O) groups is 1. The average molecular weight is 337 g/mol. The van der Waals surface area contributed by atoms with Crippen molar-refractivity contribution < 1.29 is 9.53 Å². The molecule has 0 saturated carbocycles. The van der Waals surface area contributed by atoms with Gasteiger partial charge < -0.3 is 4.74 Å². The van der Waals surface area contributed by atoms with Crippen molar-refractivity contribution in [2.24, 2.45) is 0 Å². The molecular weight excluding hydrogens is 304 g/mol. The maximum absolute atomic E-state index is 12.1. The maximum Gasteiger partial charge on any atom is 0.204 e. The van der Waals surface area contributed by atoms with Crippen molar-refractivity contribution in [3.8, 4) is 0 Å². The smallest absolute Gasteiger partial charge is 0.204 e. The SMILES string of the molecule is CCCCCCCCCCCCC[C@H]1O[C@@H]1C(=O)c1cccs1. The molecule has 130 valence electrons. The summed E-state index contributed by atoms with van der Waals surface area (Å²) in [6.07, 6.45) is 16.1. The fourth-order valence-corrected chi connectivity index (χ4v) is 3.85. The second-order valence-electron chi connectivity index (χ2n) is 6.76. The number of ether oxygens (including phenoxy) is 1. The van der Waals surface area contributed by atoms with Gasteiger partial charge in [0, 0.05) is 0 Å². The van der Waals surface area contributed by atoms with Crippen molar-refractivity contribution >= 4 is 17.1 Å². The Bertz CT molecular complexity index is 427. The summed E-state index contributed by atoms with van der Waals surface area (Å²) in [5, 5.41) is 1.95. The second kappa shape index (κ2) is 11.0.